The normalized spacial score (nSPS) is 17.9. The SMILES string of the molecule is Cc1ccc(CN2CCN(C)CC2)c(C#N)n1. The average molecular weight is 230 g/mol. The third-order valence-electron chi connectivity index (χ3n) is 3.21. The molecule has 1 fully saturated rings. The molecule has 0 amide bonds. The molecule has 4 nitrogen and oxygen atoms in total. The molecule has 0 radical (unpaired) electrons. The monoisotopic (exact) mass is 230 g/mol. The van der Waals surface area contributed by atoms with Crippen molar-refractivity contribution in [2.75, 3.05) is 33.2 Å². The number of rotatable bonds is 2. The maximum absolute atomic E-state index is 9.08. The molecule has 1 aromatic heterocycles. The first-order chi connectivity index (χ1) is 8.19. The topological polar surface area (TPSA) is 43.2 Å². The number of aryl methyl sites for hydroxylation is 1. The fraction of sp³-hybridized carbons (Fsp3) is 0.538. The minimum absolute atomic E-state index is 0.573. The molecule has 0 atom stereocenters. The number of piperazine rings is 1. The van der Waals surface area contributed by atoms with E-state index in [2.05, 4.69) is 27.9 Å². The predicted octanol–water partition coefficient (Wildman–Crippen LogP) is 1.01. The summed E-state index contributed by atoms with van der Waals surface area (Å²) >= 11 is 0. The van der Waals surface area contributed by atoms with Crippen LogP contribution in [0.5, 0.6) is 0 Å². The zero-order chi connectivity index (χ0) is 12.3. The van der Waals surface area contributed by atoms with Crippen molar-refractivity contribution in [3.05, 3.63) is 29.1 Å². The largest absolute Gasteiger partial charge is 0.304 e. The minimum atomic E-state index is 0.573. The molecular weight excluding hydrogens is 212 g/mol. The van der Waals surface area contributed by atoms with Gasteiger partial charge in [0.1, 0.15) is 11.8 Å². The van der Waals surface area contributed by atoms with Gasteiger partial charge in [0.05, 0.1) is 0 Å². The van der Waals surface area contributed by atoms with Gasteiger partial charge in [-0.25, -0.2) is 4.98 Å². The highest BCUT2D eigenvalue weighted by molar-refractivity contribution is 5.32. The Labute approximate surface area is 102 Å². The standard InChI is InChI=1S/C13H18N4/c1-11-3-4-12(13(9-14)15-11)10-17-7-5-16(2)6-8-17/h3-4H,5-8,10H2,1-2H3. The van der Waals surface area contributed by atoms with Gasteiger partial charge < -0.3 is 4.90 Å². The van der Waals surface area contributed by atoms with Gasteiger partial charge in [-0.05, 0) is 20.0 Å². The molecule has 1 saturated heterocycles. The van der Waals surface area contributed by atoms with Gasteiger partial charge in [0.25, 0.3) is 0 Å². The summed E-state index contributed by atoms with van der Waals surface area (Å²) in [6.45, 7) is 7.08. The third kappa shape index (κ3) is 3.02. The van der Waals surface area contributed by atoms with Crippen molar-refractivity contribution < 1.29 is 0 Å². The zero-order valence-electron chi connectivity index (χ0n) is 10.5. The molecule has 17 heavy (non-hydrogen) atoms. The number of nitrogens with zero attached hydrogens (tertiary/aromatic N) is 4. The molecule has 1 aromatic rings. The summed E-state index contributed by atoms with van der Waals surface area (Å²) in [6, 6.07) is 6.19. The summed E-state index contributed by atoms with van der Waals surface area (Å²) < 4.78 is 0. The van der Waals surface area contributed by atoms with Gasteiger partial charge in [0.2, 0.25) is 0 Å². The van der Waals surface area contributed by atoms with Crippen LogP contribution in [-0.4, -0.2) is 48.0 Å². The van der Waals surface area contributed by atoms with Gasteiger partial charge in [-0.1, -0.05) is 6.07 Å². The van der Waals surface area contributed by atoms with Crippen LogP contribution >= 0.6 is 0 Å². The first kappa shape index (κ1) is 12.0. The van der Waals surface area contributed by atoms with Gasteiger partial charge in [0, 0.05) is 44.0 Å². The molecule has 0 aliphatic carbocycles. The zero-order valence-corrected chi connectivity index (χ0v) is 10.5. The molecule has 2 heterocycles. The average Bonchev–Trinajstić information content (AvgIpc) is 2.34. The van der Waals surface area contributed by atoms with Gasteiger partial charge in [-0.2, -0.15) is 5.26 Å². The summed E-state index contributed by atoms with van der Waals surface area (Å²) in [5.74, 6) is 0. The fourth-order valence-corrected chi connectivity index (χ4v) is 2.06. The Morgan fingerprint density at radius 1 is 1.29 bits per heavy atom. The summed E-state index contributed by atoms with van der Waals surface area (Å²) in [5, 5.41) is 9.08. The van der Waals surface area contributed by atoms with E-state index in [0.29, 0.717) is 5.69 Å². The minimum Gasteiger partial charge on any atom is -0.304 e. The molecular formula is C13H18N4. The number of nitriles is 1. The number of pyridine rings is 1. The van der Waals surface area contributed by atoms with Crippen molar-refractivity contribution in [3.8, 4) is 6.07 Å². The van der Waals surface area contributed by atoms with Crippen molar-refractivity contribution in [1.82, 2.24) is 14.8 Å². The first-order valence-corrected chi connectivity index (χ1v) is 5.96. The molecule has 0 bridgehead atoms. The second-order valence-corrected chi connectivity index (χ2v) is 4.65. The van der Waals surface area contributed by atoms with Crippen LogP contribution in [0.4, 0.5) is 0 Å². The molecule has 0 spiro atoms. The number of hydrogen-bond acceptors (Lipinski definition) is 4. The van der Waals surface area contributed by atoms with Crippen LogP contribution in [0.15, 0.2) is 12.1 Å². The summed E-state index contributed by atoms with van der Waals surface area (Å²) in [5.41, 5.74) is 2.52. The van der Waals surface area contributed by atoms with E-state index in [1.165, 1.54) is 0 Å². The molecule has 90 valence electrons. The first-order valence-electron chi connectivity index (χ1n) is 5.96. The van der Waals surface area contributed by atoms with Gasteiger partial charge in [-0.3, -0.25) is 4.90 Å². The van der Waals surface area contributed by atoms with E-state index in [1.807, 2.05) is 19.1 Å². The highest BCUT2D eigenvalue weighted by Gasteiger charge is 2.15. The second kappa shape index (κ2) is 5.26. The van der Waals surface area contributed by atoms with Gasteiger partial charge in [-0.15, -0.1) is 0 Å². The Morgan fingerprint density at radius 2 is 2.00 bits per heavy atom. The molecule has 1 aliphatic heterocycles. The highest BCUT2D eigenvalue weighted by atomic mass is 15.2. The van der Waals surface area contributed by atoms with Crippen molar-refractivity contribution in [2.45, 2.75) is 13.5 Å². The Bertz CT molecular complexity index is 428. The van der Waals surface area contributed by atoms with Crippen LogP contribution in [0.25, 0.3) is 0 Å². The van der Waals surface area contributed by atoms with Gasteiger partial charge in [0.15, 0.2) is 0 Å². The lowest BCUT2D eigenvalue weighted by atomic mass is 10.1. The van der Waals surface area contributed by atoms with Crippen molar-refractivity contribution in [3.63, 3.8) is 0 Å². The van der Waals surface area contributed by atoms with Crippen LogP contribution in [-0.2, 0) is 6.54 Å². The lowest BCUT2D eigenvalue weighted by Crippen LogP contribution is -2.44. The smallest absolute Gasteiger partial charge is 0.145 e. The van der Waals surface area contributed by atoms with Gasteiger partial charge >= 0.3 is 0 Å². The quantitative estimate of drug-likeness (QED) is 0.760. The van der Waals surface area contributed by atoms with E-state index in [4.69, 9.17) is 5.26 Å². The molecule has 4 heteroatoms. The Balaban J connectivity index is 2.06. The van der Waals surface area contributed by atoms with E-state index in [9.17, 15) is 0 Å². The van der Waals surface area contributed by atoms with Crippen molar-refractivity contribution in [2.24, 2.45) is 0 Å². The molecule has 0 aromatic carbocycles. The fourth-order valence-electron chi connectivity index (χ4n) is 2.06. The molecule has 0 saturated carbocycles. The lowest BCUT2D eigenvalue weighted by molar-refractivity contribution is 0.148. The van der Waals surface area contributed by atoms with Crippen molar-refractivity contribution in [1.29, 1.82) is 5.26 Å². The molecule has 0 N–H and O–H groups in total. The van der Waals surface area contributed by atoms with Crippen LogP contribution < -0.4 is 0 Å². The van der Waals surface area contributed by atoms with E-state index < -0.39 is 0 Å². The summed E-state index contributed by atoms with van der Waals surface area (Å²) in [4.78, 5) is 8.98. The van der Waals surface area contributed by atoms with E-state index >= 15 is 0 Å². The number of hydrogen-bond donors (Lipinski definition) is 0. The van der Waals surface area contributed by atoms with E-state index in [0.717, 1.165) is 44.0 Å². The van der Waals surface area contributed by atoms with Crippen LogP contribution in [0, 0.1) is 18.3 Å². The molecule has 2 rings (SSSR count). The second-order valence-electron chi connectivity index (χ2n) is 4.65. The maximum atomic E-state index is 9.08. The maximum Gasteiger partial charge on any atom is 0.145 e. The van der Waals surface area contributed by atoms with Crippen LogP contribution in [0.1, 0.15) is 17.0 Å². The third-order valence-corrected chi connectivity index (χ3v) is 3.21. The van der Waals surface area contributed by atoms with Crippen LogP contribution in [0.3, 0.4) is 0 Å². The Kier molecular flexibility index (Phi) is 3.72. The molecule has 1 aliphatic rings. The number of aromatic nitrogens is 1. The van der Waals surface area contributed by atoms with Crippen LogP contribution in [0.2, 0.25) is 0 Å². The lowest BCUT2D eigenvalue weighted by Gasteiger charge is -2.32. The Hall–Kier alpha value is -1.44. The summed E-state index contributed by atoms with van der Waals surface area (Å²) in [6.07, 6.45) is 0. The Morgan fingerprint density at radius 3 is 2.65 bits per heavy atom. The summed E-state index contributed by atoms with van der Waals surface area (Å²) in [7, 11) is 2.14. The molecule has 0 unspecified atom stereocenters. The number of likely N-dealkylation sites (N-methyl/N-ethyl adjacent to an activating group) is 1. The highest BCUT2D eigenvalue weighted by Crippen LogP contribution is 2.11. The van der Waals surface area contributed by atoms with E-state index in [-0.39, 0.29) is 0 Å². The van der Waals surface area contributed by atoms with E-state index in [1.54, 1.807) is 0 Å². The van der Waals surface area contributed by atoms with Crippen molar-refractivity contribution >= 4 is 0 Å². The predicted molar refractivity (Wildman–Crippen MR) is 66.5 cm³/mol.